The van der Waals surface area contributed by atoms with E-state index in [1.54, 1.807) is 6.07 Å². The summed E-state index contributed by atoms with van der Waals surface area (Å²) in [4.78, 5) is 5.75. The minimum absolute atomic E-state index is 0.0774. The largest absolute Gasteiger partial charge is 0.417 e. The molecule has 0 aliphatic carbocycles. The molecule has 1 atom stereocenters. The molecule has 23 heavy (non-hydrogen) atoms. The molecular formula is C14H16F3N5O. The molecule has 9 heteroatoms. The number of hydrogen-bond donors (Lipinski definition) is 2. The van der Waals surface area contributed by atoms with E-state index in [1.165, 1.54) is 0 Å². The minimum Gasteiger partial charge on any atom is -0.384 e. The second-order valence-electron chi connectivity index (χ2n) is 5.41. The van der Waals surface area contributed by atoms with Crippen LogP contribution in [0.4, 0.5) is 24.8 Å². The number of pyridine rings is 1. The Kier molecular flexibility index (Phi) is 3.88. The van der Waals surface area contributed by atoms with Crippen LogP contribution < -0.4 is 10.6 Å². The lowest BCUT2D eigenvalue weighted by molar-refractivity contribution is -0.137. The van der Waals surface area contributed by atoms with Crippen molar-refractivity contribution in [1.82, 2.24) is 15.2 Å². The molecule has 0 spiro atoms. The molecular weight excluding hydrogens is 311 g/mol. The van der Waals surface area contributed by atoms with Crippen LogP contribution in [0.25, 0.3) is 11.3 Å². The summed E-state index contributed by atoms with van der Waals surface area (Å²) in [7, 11) is 0. The van der Waals surface area contributed by atoms with Gasteiger partial charge in [0.05, 0.1) is 30.5 Å². The van der Waals surface area contributed by atoms with Crippen molar-refractivity contribution in [3.05, 3.63) is 23.9 Å². The zero-order chi connectivity index (χ0) is 16.6. The first-order chi connectivity index (χ1) is 10.9. The Morgan fingerprint density at radius 1 is 1.39 bits per heavy atom. The molecule has 124 valence electrons. The van der Waals surface area contributed by atoms with E-state index in [4.69, 9.17) is 10.5 Å². The molecule has 2 aromatic heterocycles. The Morgan fingerprint density at radius 2 is 2.17 bits per heavy atom. The minimum atomic E-state index is -4.52. The number of alkyl halides is 3. The van der Waals surface area contributed by atoms with E-state index in [-0.39, 0.29) is 23.1 Å². The van der Waals surface area contributed by atoms with Gasteiger partial charge in [0.25, 0.3) is 0 Å². The van der Waals surface area contributed by atoms with Crippen LogP contribution in [0.5, 0.6) is 0 Å². The van der Waals surface area contributed by atoms with Crippen LogP contribution in [-0.4, -0.2) is 41.0 Å². The fraction of sp³-hybridized carbons (Fsp3) is 0.429. The van der Waals surface area contributed by atoms with Gasteiger partial charge >= 0.3 is 6.18 Å². The van der Waals surface area contributed by atoms with Gasteiger partial charge in [-0.05, 0) is 13.0 Å². The predicted molar refractivity (Wildman–Crippen MR) is 78.9 cm³/mol. The average molecular weight is 327 g/mol. The van der Waals surface area contributed by atoms with Gasteiger partial charge in [-0.15, -0.1) is 0 Å². The molecule has 6 nitrogen and oxygen atoms in total. The number of nitrogens with two attached hydrogens (primary N) is 1. The Bertz CT molecular complexity index is 700. The van der Waals surface area contributed by atoms with Gasteiger partial charge < -0.3 is 15.4 Å². The normalized spacial score (nSPS) is 19.1. The van der Waals surface area contributed by atoms with Crippen molar-refractivity contribution in [2.75, 3.05) is 30.4 Å². The zero-order valence-corrected chi connectivity index (χ0v) is 12.4. The van der Waals surface area contributed by atoms with Crippen molar-refractivity contribution in [2.45, 2.75) is 19.1 Å². The number of nitrogen functional groups attached to an aromatic ring is 1. The molecule has 1 aliphatic heterocycles. The fourth-order valence-corrected chi connectivity index (χ4v) is 2.58. The number of aromatic amines is 1. The molecule has 0 bridgehead atoms. The topological polar surface area (TPSA) is 80.1 Å². The number of nitrogens with zero attached hydrogens (tertiary/aromatic N) is 3. The van der Waals surface area contributed by atoms with Crippen molar-refractivity contribution in [3.63, 3.8) is 0 Å². The van der Waals surface area contributed by atoms with E-state index in [1.807, 2.05) is 11.8 Å². The number of aromatic nitrogens is 3. The number of rotatable bonds is 2. The van der Waals surface area contributed by atoms with Gasteiger partial charge in [-0.25, -0.2) is 4.98 Å². The van der Waals surface area contributed by atoms with Crippen molar-refractivity contribution >= 4 is 11.6 Å². The van der Waals surface area contributed by atoms with Crippen LogP contribution in [0.2, 0.25) is 0 Å². The molecule has 1 fully saturated rings. The number of ether oxygens (including phenoxy) is 1. The molecule has 0 aromatic carbocycles. The summed E-state index contributed by atoms with van der Waals surface area (Å²) < 4.78 is 44.9. The van der Waals surface area contributed by atoms with Gasteiger partial charge in [0.1, 0.15) is 5.82 Å². The van der Waals surface area contributed by atoms with Crippen LogP contribution in [0.15, 0.2) is 18.3 Å². The number of anilines is 2. The van der Waals surface area contributed by atoms with Crippen molar-refractivity contribution in [1.29, 1.82) is 0 Å². The van der Waals surface area contributed by atoms with Crippen LogP contribution in [-0.2, 0) is 10.9 Å². The molecule has 1 saturated heterocycles. The van der Waals surface area contributed by atoms with E-state index < -0.39 is 11.7 Å². The summed E-state index contributed by atoms with van der Waals surface area (Å²) in [5, 5.41) is 6.79. The summed E-state index contributed by atoms with van der Waals surface area (Å²) >= 11 is 0. The number of halogens is 3. The molecule has 0 amide bonds. The number of hydrogen-bond acceptors (Lipinski definition) is 5. The third-order valence-corrected chi connectivity index (χ3v) is 3.75. The number of morpholine rings is 1. The van der Waals surface area contributed by atoms with Crippen LogP contribution in [0, 0.1) is 0 Å². The second kappa shape index (κ2) is 5.73. The monoisotopic (exact) mass is 327 g/mol. The van der Waals surface area contributed by atoms with Gasteiger partial charge in [-0.2, -0.15) is 18.3 Å². The lowest BCUT2D eigenvalue weighted by Gasteiger charge is -2.33. The van der Waals surface area contributed by atoms with E-state index in [0.717, 1.165) is 12.3 Å². The summed E-state index contributed by atoms with van der Waals surface area (Å²) in [6.45, 7) is 3.72. The Balaban J connectivity index is 1.98. The van der Waals surface area contributed by atoms with Crippen molar-refractivity contribution < 1.29 is 17.9 Å². The zero-order valence-electron chi connectivity index (χ0n) is 12.4. The maximum absolute atomic E-state index is 13.2. The predicted octanol–water partition coefficient (Wildman–Crippen LogP) is 2.30. The molecule has 0 saturated carbocycles. The van der Waals surface area contributed by atoms with Gasteiger partial charge in [0, 0.05) is 24.4 Å². The lowest BCUT2D eigenvalue weighted by Crippen LogP contribution is -2.43. The highest BCUT2D eigenvalue weighted by atomic mass is 19.4. The van der Waals surface area contributed by atoms with Gasteiger partial charge in [-0.3, -0.25) is 5.10 Å². The van der Waals surface area contributed by atoms with Crippen LogP contribution in [0.1, 0.15) is 12.5 Å². The van der Waals surface area contributed by atoms with Crippen molar-refractivity contribution in [3.8, 4) is 11.3 Å². The van der Waals surface area contributed by atoms with Crippen molar-refractivity contribution in [2.24, 2.45) is 0 Å². The summed E-state index contributed by atoms with van der Waals surface area (Å²) in [5.41, 5.74) is 4.72. The summed E-state index contributed by atoms with van der Waals surface area (Å²) in [6, 6.07) is 2.52. The number of H-pyrrole nitrogens is 1. The van der Waals surface area contributed by atoms with Crippen LogP contribution >= 0.6 is 0 Å². The van der Waals surface area contributed by atoms with Crippen LogP contribution in [0.3, 0.4) is 0 Å². The number of nitrogens with one attached hydrogen (secondary N) is 1. The molecule has 0 unspecified atom stereocenters. The highest BCUT2D eigenvalue weighted by Crippen LogP contribution is 2.37. The molecule has 0 radical (unpaired) electrons. The van der Waals surface area contributed by atoms with Gasteiger partial charge in [-0.1, -0.05) is 0 Å². The Hall–Kier alpha value is -2.29. The lowest BCUT2D eigenvalue weighted by atomic mass is 10.1. The first kappa shape index (κ1) is 15.6. The third kappa shape index (κ3) is 3.09. The Labute approximate surface area is 130 Å². The maximum atomic E-state index is 13.2. The van der Waals surface area contributed by atoms with E-state index in [0.29, 0.717) is 25.6 Å². The van der Waals surface area contributed by atoms with E-state index in [9.17, 15) is 13.2 Å². The smallest absolute Gasteiger partial charge is 0.384 e. The standard InChI is InChI=1S/C14H16F3N5O/c1-8-7-23-3-2-22(8)13-5-11(20-21-13)9-6-19-12(18)4-10(9)14(15,16)17/h4-6,8H,2-3,7H2,1H3,(H2,18,19)(H,20,21)/t8-/m0/s1. The molecule has 2 aromatic rings. The maximum Gasteiger partial charge on any atom is 0.417 e. The molecule has 3 heterocycles. The first-order valence-corrected chi connectivity index (χ1v) is 7.09. The van der Waals surface area contributed by atoms with Gasteiger partial charge in [0.15, 0.2) is 5.82 Å². The quantitative estimate of drug-likeness (QED) is 0.885. The average Bonchev–Trinajstić information content (AvgIpc) is 2.96. The van der Waals surface area contributed by atoms with Gasteiger partial charge in [0.2, 0.25) is 0 Å². The third-order valence-electron chi connectivity index (χ3n) is 3.75. The first-order valence-electron chi connectivity index (χ1n) is 7.09. The fourth-order valence-electron chi connectivity index (χ4n) is 2.58. The highest BCUT2D eigenvalue weighted by Gasteiger charge is 2.35. The van der Waals surface area contributed by atoms with E-state index >= 15 is 0 Å². The summed E-state index contributed by atoms with van der Waals surface area (Å²) in [5.74, 6) is 0.406. The SMILES string of the molecule is C[C@H]1COCCN1c1cc(-c2cnc(N)cc2C(F)(F)F)[nH]n1. The highest BCUT2D eigenvalue weighted by molar-refractivity contribution is 5.68. The Morgan fingerprint density at radius 3 is 2.87 bits per heavy atom. The second-order valence-corrected chi connectivity index (χ2v) is 5.41. The summed E-state index contributed by atoms with van der Waals surface area (Å²) in [6.07, 6.45) is -3.41. The molecule has 3 N–H and O–H groups in total. The van der Waals surface area contributed by atoms with E-state index in [2.05, 4.69) is 15.2 Å². The molecule has 3 rings (SSSR count). The molecule has 1 aliphatic rings.